The lowest BCUT2D eigenvalue weighted by atomic mass is 10.2. The molecule has 0 radical (unpaired) electrons. The van der Waals surface area contributed by atoms with Crippen LogP contribution in [0.25, 0.3) is 0 Å². The highest BCUT2D eigenvalue weighted by Gasteiger charge is 2.32. The van der Waals surface area contributed by atoms with Crippen LogP contribution in [0.3, 0.4) is 0 Å². The Kier molecular flexibility index (Phi) is 4.20. The molecule has 23 heavy (non-hydrogen) atoms. The summed E-state index contributed by atoms with van der Waals surface area (Å²) in [7, 11) is 0. The molecule has 2 aromatic heterocycles. The number of nitrogens with zero attached hydrogens (tertiary/aromatic N) is 5. The number of anilines is 1. The van der Waals surface area contributed by atoms with Gasteiger partial charge in [0, 0.05) is 18.8 Å². The fourth-order valence-electron chi connectivity index (χ4n) is 2.54. The van der Waals surface area contributed by atoms with Gasteiger partial charge < -0.3 is 9.64 Å². The molecule has 1 saturated heterocycles. The molecule has 0 aromatic carbocycles. The molecule has 1 atom stereocenters. The van der Waals surface area contributed by atoms with Crippen molar-refractivity contribution in [2.24, 2.45) is 0 Å². The first kappa shape index (κ1) is 15.7. The maximum Gasteiger partial charge on any atom is 0.416 e. The van der Waals surface area contributed by atoms with Crippen LogP contribution in [0, 0.1) is 6.92 Å². The van der Waals surface area contributed by atoms with Crippen molar-refractivity contribution in [3.63, 3.8) is 0 Å². The van der Waals surface area contributed by atoms with E-state index in [4.69, 9.17) is 4.74 Å². The summed E-state index contributed by atoms with van der Waals surface area (Å²) in [5.74, 6) is 0.299. The molecule has 0 amide bonds. The van der Waals surface area contributed by atoms with Gasteiger partial charge in [0.25, 0.3) is 0 Å². The minimum absolute atomic E-state index is 0.128. The molecule has 6 nitrogen and oxygen atoms in total. The van der Waals surface area contributed by atoms with Crippen molar-refractivity contribution in [1.82, 2.24) is 19.7 Å². The average Bonchev–Trinajstić information content (AvgIpc) is 2.90. The van der Waals surface area contributed by atoms with Gasteiger partial charge in [-0.3, -0.25) is 0 Å². The van der Waals surface area contributed by atoms with Gasteiger partial charge in [-0.15, -0.1) is 0 Å². The van der Waals surface area contributed by atoms with Gasteiger partial charge >= 0.3 is 6.18 Å². The number of rotatable bonds is 2. The second-order valence-corrected chi connectivity index (χ2v) is 5.40. The molecule has 9 heteroatoms. The third-order valence-corrected chi connectivity index (χ3v) is 3.65. The Bertz CT molecular complexity index is 659. The minimum atomic E-state index is -4.39. The Labute approximate surface area is 130 Å². The fourth-order valence-corrected chi connectivity index (χ4v) is 2.54. The van der Waals surface area contributed by atoms with Gasteiger partial charge in [-0.1, -0.05) is 0 Å². The molecule has 1 unspecified atom stereocenters. The van der Waals surface area contributed by atoms with Crippen molar-refractivity contribution in [1.29, 1.82) is 0 Å². The highest BCUT2D eigenvalue weighted by atomic mass is 19.4. The van der Waals surface area contributed by atoms with Crippen molar-refractivity contribution in [2.45, 2.75) is 19.1 Å². The zero-order chi connectivity index (χ0) is 16.4. The Morgan fingerprint density at radius 2 is 2.13 bits per heavy atom. The highest BCUT2D eigenvalue weighted by molar-refractivity contribution is 5.44. The maximum atomic E-state index is 13.0. The molecule has 1 aliphatic heterocycles. The Morgan fingerprint density at radius 3 is 2.83 bits per heavy atom. The van der Waals surface area contributed by atoms with E-state index in [0.29, 0.717) is 37.8 Å². The van der Waals surface area contributed by atoms with Crippen LogP contribution in [0.5, 0.6) is 0 Å². The Hall–Kier alpha value is -2.16. The molecule has 1 aliphatic rings. The summed E-state index contributed by atoms with van der Waals surface area (Å²) in [6.07, 6.45) is -1.40. The molecule has 2 aromatic rings. The van der Waals surface area contributed by atoms with Gasteiger partial charge in [0.15, 0.2) is 0 Å². The number of halogens is 3. The predicted molar refractivity (Wildman–Crippen MR) is 76.1 cm³/mol. The minimum Gasteiger partial charge on any atom is -0.377 e. The van der Waals surface area contributed by atoms with Crippen molar-refractivity contribution >= 4 is 5.82 Å². The number of pyridine rings is 1. The van der Waals surface area contributed by atoms with E-state index in [-0.39, 0.29) is 6.04 Å². The first-order valence-electron chi connectivity index (χ1n) is 7.16. The van der Waals surface area contributed by atoms with E-state index in [2.05, 4.69) is 15.1 Å². The van der Waals surface area contributed by atoms with Gasteiger partial charge in [-0.05, 0) is 19.1 Å². The zero-order valence-corrected chi connectivity index (χ0v) is 12.5. The van der Waals surface area contributed by atoms with E-state index >= 15 is 0 Å². The van der Waals surface area contributed by atoms with Crippen LogP contribution in [0.2, 0.25) is 0 Å². The summed E-state index contributed by atoms with van der Waals surface area (Å²) < 4.78 is 46.2. The third kappa shape index (κ3) is 3.61. The molecule has 0 bridgehead atoms. The number of hydrogen-bond acceptors (Lipinski definition) is 5. The Morgan fingerprint density at radius 1 is 1.30 bits per heavy atom. The zero-order valence-electron chi connectivity index (χ0n) is 12.5. The van der Waals surface area contributed by atoms with Crippen LogP contribution in [0.4, 0.5) is 19.0 Å². The first-order valence-corrected chi connectivity index (χ1v) is 7.16. The number of hydrogen-bond donors (Lipinski definition) is 0. The van der Waals surface area contributed by atoms with Crippen LogP contribution >= 0.6 is 0 Å². The van der Waals surface area contributed by atoms with E-state index in [0.717, 1.165) is 12.1 Å². The van der Waals surface area contributed by atoms with Gasteiger partial charge in [-0.2, -0.15) is 18.3 Å². The molecule has 3 heterocycles. The van der Waals surface area contributed by atoms with Crippen LogP contribution in [-0.2, 0) is 10.9 Å². The van der Waals surface area contributed by atoms with Crippen LogP contribution in [-0.4, -0.2) is 46.1 Å². The lowest BCUT2D eigenvalue weighted by Crippen LogP contribution is -2.32. The first-order chi connectivity index (χ1) is 10.9. The van der Waals surface area contributed by atoms with Gasteiger partial charge in [-0.25, -0.2) is 14.6 Å². The van der Waals surface area contributed by atoms with Crippen LogP contribution < -0.4 is 4.90 Å². The summed E-state index contributed by atoms with van der Waals surface area (Å²) in [5.41, 5.74) is -0.361. The van der Waals surface area contributed by atoms with Gasteiger partial charge in [0.2, 0.25) is 0 Å². The van der Waals surface area contributed by atoms with Gasteiger partial charge in [0.05, 0.1) is 24.8 Å². The molecular weight excluding hydrogens is 311 g/mol. The van der Waals surface area contributed by atoms with Crippen molar-refractivity contribution in [2.75, 3.05) is 31.2 Å². The number of aryl methyl sites for hydroxylation is 1. The maximum absolute atomic E-state index is 13.0. The second-order valence-electron chi connectivity index (χ2n) is 5.40. The average molecular weight is 327 g/mol. The number of alkyl halides is 3. The molecule has 0 saturated carbocycles. The predicted octanol–water partition coefficient (Wildman–Crippen LogP) is 2.08. The topological polar surface area (TPSA) is 56.1 Å². The highest BCUT2D eigenvalue weighted by Crippen LogP contribution is 2.32. The summed E-state index contributed by atoms with van der Waals surface area (Å²) in [6, 6.07) is 2.00. The smallest absolute Gasteiger partial charge is 0.377 e. The van der Waals surface area contributed by atoms with Crippen molar-refractivity contribution in [3.8, 4) is 0 Å². The fraction of sp³-hybridized carbons (Fsp3) is 0.500. The van der Waals surface area contributed by atoms with Crippen molar-refractivity contribution < 1.29 is 17.9 Å². The largest absolute Gasteiger partial charge is 0.416 e. The van der Waals surface area contributed by atoms with Crippen molar-refractivity contribution in [3.05, 3.63) is 36.0 Å². The van der Waals surface area contributed by atoms with Gasteiger partial charge in [0.1, 0.15) is 18.5 Å². The van der Waals surface area contributed by atoms with E-state index in [1.54, 1.807) is 22.8 Å². The quantitative estimate of drug-likeness (QED) is 0.845. The third-order valence-electron chi connectivity index (χ3n) is 3.65. The lowest BCUT2D eigenvalue weighted by Gasteiger charge is -2.25. The summed E-state index contributed by atoms with van der Waals surface area (Å²) in [4.78, 5) is 9.95. The normalized spacial score (nSPS) is 19.7. The molecule has 0 aliphatic carbocycles. The molecule has 0 spiro atoms. The molecule has 1 fully saturated rings. The van der Waals surface area contributed by atoms with Crippen LogP contribution in [0.1, 0.15) is 17.3 Å². The monoisotopic (exact) mass is 327 g/mol. The van der Waals surface area contributed by atoms with Crippen LogP contribution in [0.15, 0.2) is 24.8 Å². The number of aromatic nitrogens is 4. The lowest BCUT2D eigenvalue weighted by molar-refractivity contribution is -0.137. The summed E-state index contributed by atoms with van der Waals surface area (Å²) in [6.45, 7) is 3.33. The second kappa shape index (κ2) is 6.15. The van der Waals surface area contributed by atoms with E-state index in [1.165, 1.54) is 6.33 Å². The molecular formula is C14H16F3N5O. The van der Waals surface area contributed by atoms with E-state index < -0.39 is 11.7 Å². The molecule has 0 N–H and O–H groups in total. The standard InChI is InChI=1S/C14H16F3N5O/c1-10-4-11(14(15,16)17)5-13(20-10)21-2-3-23-7-12(6-21)22-9-18-8-19-22/h4-5,8-9,12H,2-3,6-7H2,1H3. The number of ether oxygens (including phenoxy) is 1. The molecule has 3 rings (SSSR count). The summed E-state index contributed by atoms with van der Waals surface area (Å²) in [5, 5.41) is 4.08. The Balaban J connectivity index is 1.89. The summed E-state index contributed by atoms with van der Waals surface area (Å²) >= 11 is 0. The van der Waals surface area contributed by atoms with E-state index in [1.807, 2.05) is 0 Å². The SMILES string of the molecule is Cc1cc(C(F)(F)F)cc(N2CCOCC(n3cncn3)C2)n1. The van der Waals surface area contributed by atoms with E-state index in [9.17, 15) is 13.2 Å². The molecule has 124 valence electrons.